The number of unbranched alkanes of at least 4 members (excludes halogenated alkanes) is 1. The summed E-state index contributed by atoms with van der Waals surface area (Å²) in [5.41, 5.74) is 0.647. The normalized spacial score (nSPS) is 9.74. The van der Waals surface area contributed by atoms with Gasteiger partial charge in [-0.1, -0.05) is 11.6 Å². The number of thioether (sulfide) groups is 1. The highest BCUT2D eigenvalue weighted by atomic mass is 35.5. The first-order chi connectivity index (χ1) is 9.17. The standard InChI is InChI=1S/C13H15ClN2O2S/c1-18-12-5-4-10(8-11(12)14)16-13(17)9-19-7-3-2-6-15/h4-5,8H,2-3,7,9H2,1H3,(H,16,17). The number of nitrogens with one attached hydrogen (secondary N) is 1. The molecule has 6 heteroatoms. The topological polar surface area (TPSA) is 62.1 Å². The maximum absolute atomic E-state index is 11.6. The van der Waals surface area contributed by atoms with Gasteiger partial charge in [0.2, 0.25) is 5.91 Å². The third kappa shape index (κ3) is 5.86. The minimum atomic E-state index is -0.0804. The van der Waals surface area contributed by atoms with Crippen molar-refractivity contribution in [3.63, 3.8) is 0 Å². The van der Waals surface area contributed by atoms with Gasteiger partial charge >= 0.3 is 0 Å². The fourth-order valence-electron chi connectivity index (χ4n) is 1.36. The quantitative estimate of drug-likeness (QED) is 0.784. The van der Waals surface area contributed by atoms with Crippen LogP contribution in [0.25, 0.3) is 0 Å². The van der Waals surface area contributed by atoms with Gasteiger partial charge in [-0.3, -0.25) is 4.79 Å². The molecule has 1 rings (SSSR count). The van der Waals surface area contributed by atoms with Crippen LogP contribution in [-0.4, -0.2) is 24.5 Å². The molecule has 0 aromatic heterocycles. The molecule has 0 aliphatic heterocycles. The van der Waals surface area contributed by atoms with Crippen LogP contribution in [0.15, 0.2) is 18.2 Å². The van der Waals surface area contributed by atoms with Gasteiger partial charge in [0.25, 0.3) is 0 Å². The molecule has 0 unspecified atom stereocenters. The zero-order chi connectivity index (χ0) is 14.1. The summed E-state index contributed by atoms with van der Waals surface area (Å²) in [6, 6.07) is 7.17. The van der Waals surface area contributed by atoms with Crippen LogP contribution in [0, 0.1) is 11.3 Å². The Kier molecular flexibility index (Phi) is 7.16. The minimum Gasteiger partial charge on any atom is -0.495 e. The van der Waals surface area contributed by atoms with Crippen LogP contribution < -0.4 is 10.1 Å². The molecule has 4 nitrogen and oxygen atoms in total. The maximum atomic E-state index is 11.6. The Hall–Kier alpha value is -1.38. The number of rotatable bonds is 7. The molecule has 0 heterocycles. The van der Waals surface area contributed by atoms with E-state index >= 15 is 0 Å². The number of anilines is 1. The second-order valence-corrected chi connectivity index (χ2v) is 5.22. The summed E-state index contributed by atoms with van der Waals surface area (Å²) in [6.07, 6.45) is 1.34. The zero-order valence-electron chi connectivity index (χ0n) is 10.6. The van der Waals surface area contributed by atoms with Crippen molar-refractivity contribution in [3.05, 3.63) is 23.2 Å². The van der Waals surface area contributed by atoms with Crippen LogP contribution in [0.2, 0.25) is 5.02 Å². The predicted molar refractivity (Wildman–Crippen MR) is 78.8 cm³/mol. The Balaban J connectivity index is 2.36. The van der Waals surface area contributed by atoms with Crippen molar-refractivity contribution in [2.45, 2.75) is 12.8 Å². The molecule has 1 N–H and O–H groups in total. The number of benzene rings is 1. The van der Waals surface area contributed by atoms with Crippen LogP contribution in [0.1, 0.15) is 12.8 Å². The third-order valence-corrected chi connectivity index (χ3v) is 3.58. The largest absolute Gasteiger partial charge is 0.495 e. The Morgan fingerprint density at radius 3 is 3.00 bits per heavy atom. The Morgan fingerprint density at radius 2 is 2.37 bits per heavy atom. The minimum absolute atomic E-state index is 0.0804. The van der Waals surface area contributed by atoms with Crippen LogP contribution in [0.5, 0.6) is 5.75 Å². The number of hydrogen-bond donors (Lipinski definition) is 1. The highest BCUT2D eigenvalue weighted by Gasteiger charge is 2.05. The Morgan fingerprint density at radius 1 is 1.58 bits per heavy atom. The van der Waals surface area contributed by atoms with Gasteiger partial charge in [-0.15, -0.1) is 0 Å². The van der Waals surface area contributed by atoms with Crippen molar-refractivity contribution in [2.24, 2.45) is 0 Å². The highest BCUT2D eigenvalue weighted by Crippen LogP contribution is 2.27. The highest BCUT2D eigenvalue weighted by molar-refractivity contribution is 7.99. The van der Waals surface area contributed by atoms with Gasteiger partial charge in [-0.05, 0) is 30.4 Å². The van der Waals surface area contributed by atoms with Crippen LogP contribution in [0.4, 0.5) is 5.69 Å². The second kappa shape index (κ2) is 8.68. The van der Waals surface area contributed by atoms with Gasteiger partial charge in [0.15, 0.2) is 0 Å². The van der Waals surface area contributed by atoms with Gasteiger partial charge in [0, 0.05) is 12.1 Å². The summed E-state index contributed by atoms with van der Waals surface area (Å²) in [6.45, 7) is 0. The van der Waals surface area contributed by atoms with E-state index in [-0.39, 0.29) is 5.91 Å². The average molecular weight is 299 g/mol. The number of nitriles is 1. The molecule has 1 aromatic carbocycles. The third-order valence-electron chi connectivity index (χ3n) is 2.25. The summed E-state index contributed by atoms with van der Waals surface area (Å²) in [7, 11) is 1.54. The van der Waals surface area contributed by atoms with E-state index in [0.29, 0.717) is 28.6 Å². The number of nitrogens with zero attached hydrogens (tertiary/aromatic N) is 1. The fraction of sp³-hybridized carbons (Fsp3) is 0.385. The molecule has 0 aliphatic rings. The number of amides is 1. The van der Waals surface area contributed by atoms with Crippen molar-refractivity contribution in [3.8, 4) is 11.8 Å². The molecule has 1 aromatic rings. The molecule has 1 amide bonds. The zero-order valence-corrected chi connectivity index (χ0v) is 12.2. The SMILES string of the molecule is COc1ccc(NC(=O)CSCCCC#N)cc1Cl. The first-order valence-corrected chi connectivity index (χ1v) is 7.28. The summed E-state index contributed by atoms with van der Waals surface area (Å²) in [5, 5.41) is 11.6. The van der Waals surface area contributed by atoms with E-state index in [1.165, 1.54) is 18.9 Å². The molecule has 102 valence electrons. The van der Waals surface area contributed by atoms with Gasteiger partial charge in [0.1, 0.15) is 5.75 Å². The molecule has 19 heavy (non-hydrogen) atoms. The summed E-state index contributed by atoms with van der Waals surface area (Å²) in [5.74, 6) is 1.67. The number of carbonyl (C=O) groups is 1. The van der Waals surface area contributed by atoms with Crippen molar-refractivity contribution in [1.29, 1.82) is 5.26 Å². The second-order valence-electron chi connectivity index (χ2n) is 3.71. The molecule has 0 radical (unpaired) electrons. The van der Waals surface area contributed by atoms with E-state index in [1.807, 2.05) is 0 Å². The van der Waals surface area contributed by atoms with E-state index in [1.54, 1.807) is 18.2 Å². The molecule has 0 spiro atoms. The molecule has 0 fully saturated rings. The van der Waals surface area contributed by atoms with E-state index in [0.717, 1.165) is 12.2 Å². The Labute approximate surface area is 122 Å². The molecular weight excluding hydrogens is 284 g/mol. The van der Waals surface area contributed by atoms with Crippen molar-refractivity contribution in [2.75, 3.05) is 23.9 Å². The number of ether oxygens (including phenoxy) is 1. The Bertz CT molecular complexity index is 474. The van der Waals surface area contributed by atoms with Gasteiger partial charge in [-0.2, -0.15) is 17.0 Å². The molecule has 0 atom stereocenters. The molecular formula is C13H15ClN2O2S. The van der Waals surface area contributed by atoms with Crippen LogP contribution in [-0.2, 0) is 4.79 Å². The average Bonchev–Trinajstić information content (AvgIpc) is 2.39. The monoisotopic (exact) mass is 298 g/mol. The van der Waals surface area contributed by atoms with E-state index in [4.69, 9.17) is 21.6 Å². The first-order valence-electron chi connectivity index (χ1n) is 5.75. The molecule has 0 saturated carbocycles. The lowest BCUT2D eigenvalue weighted by molar-refractivity contribution is -0.113. The van der Waals surface area contributed by atoms with E-state index in [2.05, 4.69) is 11.4 Å². The van der Waals surface area contributed by atoms with Crippen LogP contribution >= 0.6 is 23.4 Å². The van der Waals surface area contributed by atoms with Gasteiger partial charge in [-0.25, -0.2) is 0 Å². The first kappa shape index (κ1) is 15.7. The summed E-state index contributed by atoms with van der Waals surface area (Å²) >= 11 is 7.47. The van der Waals surface area contributed by atoms with Gasteiger partial charge in [0.05, 0.1) is 24.0 Å². The molecule has 0 bridgehead atoms. The number of hydrogen-bond acceptors (Lipinski definition) is 4. The smallest absolute Gasteiger partial charge is 0.234 e. The molecule has 0 saturated heterocycles. The lowest BCUT2D eigenvalue weighted by Crippen LogP contribution is -2.14. The molecule has 0 aliphatic carbocycles. The predicted octanol–water partition coefficient (Wildman–Crippen LogP) is 3.32. The summed E-state index contributed by atoms with van der Waals surface area (Å²) < 4.78 is 5.03. The number of methoxy groups -OCH3 is 1. The maximum Gasteiger partial charge on any atom is 0.234 e. The van der Waals surface area contributed by atoms with E-state index in [9.17, 15) is 4.79 Å². The number of halogens is 1. The number of carbonyl (C=O) groups excluding carboxylic acids is 1. The van der Waals surface area contributed by atoms with Gasteiger partial charge < -0.3 is 10.1 Å². The lowest BCUT2D eigenvalue weighted by atomic mass is 10.3. The van der Waals surface area contributed by atoms with Crippen molar-refractivity contribution in [1.82, 2.24) is 0 Å². The van der Waals surface area contributed by atoms with Crippen molar-refractivity contribution >= 4 is 35.0 Å². The summed E-state index contributed by atoms with van der Waals surface area (Å²) in [4.78, 5) is 11.6. The van der Waals surface area contributed by atoms with Crippen molar-refractivity contribution < 1.29 is 9.53 Å². The lowest BCUT2D eigenvalue weighted by Gasteiger charge is -2.07. The fourth-order valence-corrected chi connectivity index (χ4v) is 2.37. The van der Waals surface area contributed by atoms with E-state index < -0.39 is 0 Å². The van der Waals surface area contributed by atoms with Crippen LogP contribution in [0.3, 0.4) is 0 Å².